The topological polar surface area (TPSA) is 259 Å². The van der Waals surface area contributed by atoms with Gasteiger partial charge < -0.3 is 47.5 Å². The molecule has 0 aromatic heterocycles. The van der Waals surface area contributed by atoms with E-state index in [1.54, 1.807) is 24.3 Å². The van der Waals surface area contributed by atoms with Crippen molar-refractivity contribution >= 4 is 146 Å². The van der Waals surface area contributed by atoms with Gasteiger partial charge in [0.2, 0.25) is 0 Å². The van der Waals surface area contributed by atoms with Crippen molar-refractivity contribution in [2.45, 2.75) is 0 Å². The number of carboxylic acid groups (broad SMARTS) is 2. The maximum absolute atomic E-state index is 10.4. The van der Waals surface area contributed by atoms with Gasteiger partial charge in [-0.15, -0.1) is 11.5 Å². The van der Waals surface area contributed by atoms with Crippen LogP contribution >= 0.6 is 0 Å². The summed E-state index contributed by atoms with van der Waals surface area (Å²) < 4.78 is 68.9. The van der Waals surface area contributed by atoms with Gasteiger partial charge in [-0.3, -0.25) is 0 Å². The number of benzene rings is 4. The van der Waals surface area contributed by atoms with Crippen LogP contribution in [-0.4, -0.2) is 151 Å². The van der Waals surface area contributed by atoms with Gasteiger partial charge in [0, 0.05) is 11.1 Å². The largest absolute Gasteiger partial charge is 2.00 e. The van der Waals surface area contributed by atoms with E-state index in [-0.39, 0.29) is 125 Å². The molecule has 19 heteroatoms. The summed E-state index contributed by atoms with van der Waals surface area (Å²) in [6.07, 6.45) is 0. The van der Waals surface area contributed by atoms with Crippen LogP contribution in [0.15, 0.2) is 109 Å². The molecule has 4 rings (SSSR count). The zero-order valence-electron chi connectivity index (χ0n) is 23.0. The molecule has 0 amide bonds. The van der Waals surface area contributed by atoms with Crippen molar-refractivity contribution in [3.05, 3.63) is 120 Å². The fourth-order valence-corrected chi connectivity index (χ4v) is 3.21. The van der Waals surface area contributed by atoms with Gasteiger partial charge in [-0.25, -0.2) is 16.8 Å². The maximum atomic E-state index is 10.4. The third-order valence-corrected chi connectivity index (χ3v) is 4.85. The number of aromatic carboxylic acids is 2. The average Bonchev–Trinajstić information content (AvgIpc) is 2.89. The molecule has 0 N–H and O–H groups in total. The standard InChI is InChI=1S/2C7H6O6S.2C6H6O.3Ca/c2*8-7(9)5-3-1-2-4-6(5)13-14(10,11)12;2*7-6-4-2-1-3-5-6;;;/h2*1-4H,(H,8,9)(H,10,11,12);2*1-5,7H;;;/q;;;;3*+2/p-6. The average molecular weight is 739 g/mol. The molecule has 4 aromatic carbocycles. The SMILES string of the molecule is O=C([O-])c1ccccc1OS(=O)(=O)[O-].O=C([O-])c1ccccc1OS(=O)(=O)[O-].[Ca+2].[Ca+2].[Ca+2].[O-]c1ccccc1.[O-]c1ccccc1. The molecule has 0 saturated carbocycles. The Balaban J connectivity index is -0.000000534. The van der Waals surface area contributed by atoms with E-state index < -0.39 is 55.4 Å². The number of carboxylic acids is 2. The smallest absolute Gasteiger partial charge is 0.872 e. The van der Waals surface area contributed by atoms with Crippen molar-refractivity contribution in [2.24, 2.45) is 0 Å². The van der Waals surface area contributed by atoms with E-state index in [9.17, 15) is 56.0 Å². The molecule has 45 heavy (non-hydrogen) atoms. The Kier molecular flexibility index (Phi) is 26.4. The van der Waals surface area contributed by atoms with Gasteiger partial charge in [-0.05, 0) is 24.3 Å². The Labute approximate surface area is 348 Å². The van der Waals surface area contributed by atoms with Crippen molar-refractivity contribution < 1.29 is 64.3 Å². The van der Waals surface area contributed by atoms with Gasteiger partial charge in [-0.2, -0.15) is 0 Å². The first-order valence-electron chi connectivity index (χ1n) is 10.9. The van der Waals surface area contributed by atoms with Crippen LogP contribution in [0.2, 0.25) is 0 Å². The summed E-state index contributed by atoms with van der Waals surface area (Å²) in [5, 5.41) is 41.4. The van der Waals surface area contributed by atoms with Crippen LogP contribution in [-0.2, 0) is 20.8 Å². The molecule has 0 aliphatic heterocycles. The van der Waals surface area contributed by atoms with Crippen LogP contribution in [0.4, 0.5) is 0 Å². The normalized spacial score (nSPS) is 9.47. The minimum atomic E-state index is -4.97. The van der Waals surface area contributed by atoms with Crippen LogP contribution in [0, 0.1) is 0 Å². The molecule has 14 nitrogen and oxygen atoms in total. The summed E-state index contributed by atoms with van der Waals surface area (Å²) in [5.41, 5.74) is -0.987. The predicted octanol–water partition coefficient (Wildman–Crippen LogP) is -1.84. The van der Waals surface area contributed by atoms with Crippen LogP contribution in [0.3, 0.4) is 0 Å². The minimum Gasteiger partial charge on any atom is -0.872 e. The summed E-state index contributed by atoms with van der Waals surface area (Å²) in [5.74, 6) is -4.21. The second-order valence-electron chi connectivity index (χ2n) is 7.18. The van der Waals surface area contributed by atoms with Gasteiger partial charge in [-0.1, -0.05) is 84.9 Å². The maximum Gasteiger partial charge on any atom is 2.00 e. The second-order valence-corrected chi connectivity index (χ2v) is 9.14. The van der Waals surface area contributed by atoms with Crippen LogP contribution in [0.25, 0.3) is 0 Å². The molecule has 0 heterocycles. The summed E-state index contributed by atoms with van der Waals surface area (Å²) in [4.78, 5) is 20.8. The van der Waals surface area contributed by atoms with Crippen LogP contribution in [0.5, 0.6) is 23.0 Å². The zero-order valence-corrected chi connectivity index (χ0v) is 31.3. The van der Waals surface area contributed by atoms with E-state index >= 15 is 0 Å². The Hall–Kier alpha value is -1.38. The molecule has 0 atom stereocenters. The third-order valence-electron chi connectivity index (χ3n) is 4.08. The number of rotatable bonds is 6. The molecular formula is C26H18Ca3O14S2. The first kappa shape index (κ1) is 48.0. The minimum absolute atomic E-state index is 0. The van der Waals surface area contributed by atoms with Crippen molar-refractivity contribution in [1.29, 1.82) is 0 Å². The van der Waals surface area contributed by atoms with E-state index in [0.717, 1.165) is 24.3 Å². The second kappa shape index (κ2) is 24.7. The van der Waals surface area contributed by atoms with Gasteiger partial charge in [0.15, 0.2) is 11.5 Å². The monoisotopic (exact) mass is 738 g/mol. The fraction of sp³-hybridized carbons (Fsp3) is 0. The number of para-hydroxylation sites is 4. The summed E-state index contributed by atoms with van der Waals surface area (Å²) in [7, 11) is -9.95. The number of carbonyl (C=O) groups excluding carboxylic acids is 2. The van der Waals surface area contributed by atoms with Crippen molar-refractivity contribution in [2.75, 3.05) is 0 Å². The molecule has 0 fully saturated rings. The molecule has 0 saturated heterocycles. The number of carbonyl (C=O) groups is 2. The van der Waals surface area contributed by atoms with Gasteiger partial charge in [0.25, 0.3) is 20.8 Å². The van der Waals surface area contributed by atoms with Crippen molar-refractivity contribution in [3.63, 3.8) is 0 Å². The summed E-state index contributed by atoms with van der Waals surface area (Å²) >= 11 is 0. The number of hydrogen-bond acceptors (Lipinski definition) is 14. The van der Waals surface area contributed by atoms with Crippen LogP contribution in [0.1, 0.15) is 20.7 Å². The Morgan fingerprint density at radius 2 is 0.711 bits per heavy atom. The molecule has 224 valence electrons. The molecule has 0 bridgehead atoms. The Morgan fingerprint density at radius 3 is 0.911 bits per heavy atom. The van der Waals surface area contributed by atoms with E-state index in [1.165, 1.54) is 48.5 Å². The first-order chi connectivity index (χ1) is 19.6. The van der Waals surface area contributed by atoms with Crippen molar-refractivity contribution in [1.82, 2.24) is 0 Å². The van der Waals surface area contributed by atoms with E-state index in [2.05, 4.69) is 8.37 Å². The molecule has 0 aliphatic carbocycles. The quantitative estimate of drug-likeness (QED) is 0.120. The number of hydrogen-bond donors (Lipinski definition) is 0. The van der Waals surface area contributed by atoms with Gasteiger partial charge in [0.1, 0.15) is 0 Å². The van der Waals surface area contributed by atoms with E-state index in [0.29, 0.717) is 0 Å². The summed E-state index contributed by atoms with van der Waals surface area (Å²) in [6, 6.07) is 26.2. The van der Waals surface area contributed by atoms with Gasteiger partial charge in [0.05, 0.1) is 11.9 Å². The van der Waals surface area contributed by atoms with Crippen LogP contribution < -0.4 is 28.8 Å². The van der Waals surface area contributed by atoms with E-state index in [4.69, 9.17) is 0 Å². The zero-order chi connectivity index (χ0) is 31.8. The Morgan fingerprint density at radius 1 is 0.467 bits per heavy atom. The fourth-order valence-electron chi connectivity index (χ4n) is 2.48. The third kappa shape index (κ3) is 23.6. The van der Waals surface area contributed by atoms with Gasteiger partial charge >= 0.3 is 113 Å². The molecule has 4 aromatic rings. The Bertz CT molecular complexity index is 1530. The van der Waals surface area contributed by atoms with E-state index in [1.807, 2.05) is 12.1 Å². The molecule has 0 unspecified atom stereocenters. The molecule has 0 aliphatic rings. The first-order valence-corrected chi connectivity index (χ1v) is 13.6. The van der Waals surface area contributed by atoms with Crippen molar-refractivity contribution in [3.8, 4) is 23.0 Å². The molecule has 0 spiro atoms. The molecular weight excluding hydrogens is 721 g/mol. The summed E-state index contributed by atoms with van der Waals surface area (Å²) in [6.45, 7) is 0. The molecule has 0 radical (unpaired) electrons. The predicted molar refractivity (Wildman–Crippen MR) is 151 cm³/mol.